The van der Waals surface area contributed by atoms with E-state index >= 15 is 0 Å². The Labute approximate surface area is 176 Å². The van der Waals surface area contributed by atoms with Crippen LogP contribution in [0.15, 0.2) is 30.3 Å². The Morgan fingerprint density at radius 1 is 1.21 bits per heavy atom. The van der Waals surface area contributed by atoms with Gasteiger partial charge in [0.15, 0.2) is 5.82 Å². The van der Waals surface area contributed by atoms with Gasteiger partial charge >= 0.3 is 6.03 Å². The normalized spacial score (nSPS) is 14.1. The molecule has 8 heteroatoms. The highest BCUT2D eigenvalue weighted by Gasteiger charge is 2.17. The van der Waals surface area contributed by atoms with Crippen molar-refractivity contribution in [1.82, 2.24) is 15.3 Å². The fourth-order valence-corrected chi connectivity index (χ4v) is 3.68. The van der Waals surface area contributed by atoms with E-state index in [1.807, 2.05) is 31.2 Å². The lowest BCUT2D eigenvalue weighted by Crippen LogP contribution is -2.37. The molecule has 0 bridgehead atoms. The molecule has 7 nitrogen and oxygen atoms in total. The third-order valence-electron chi connectivity index (χ3n) is 4.46. The summed E-state index contributed by atoms with van der Waals surface area (Å²) in [7, 11) is 0. The second-order valence-electron chi connectivity index (χ2n) is 7.14. The zero-order valence-electron chi connectivity index (χ0n) is 17.3. The second-order valence-corrected chi connectivity index (χ2v) is 8.85. The smallest absolute Gasteiger partial charge is 0.319 e. The summed E-state index contributed by atoms with van der Waals surface area (Å²) in [6.45, 7) is 10.0. The molecule has 0 unspecified atom stereocenters. The van der Waals surface area contributed by atoms with Crippen molar-refractivity contribution in [2.24, 2.45) is 0 Å². The SMILES string of the molecule is CCNC(=O)Nc1ccc(-c2nc(C[SH+]C(C)C)cc(N3CCOCC3)n2)cc1. The number of urea groups is 1. The molecule has 0 atom stereocenters. The van der Waals surface area contributed by atoms with Gasteiger partial charge in [0, 0.05) is 37.0 Å². The van der Waals surface area contributed by atoms with Gasteiger partial charge in [-0.2, -0.15) is 0 Å². The Morgan fingerprint density at radius 2 is 1.93 bits per heavy atom. The van der Waals surface area contributed by atoms with Crippen LogP contribution >= 0.6 is 0 Å². The van der Waals surface area contributed by atoms with Gasteiger partial charge in [0.25, 0.3) is 0 Å². The fraction of sp³-hybridized carbons (Fsp3) is 0.476. The summed E-state index contributed by atoms with van der Waals surface area (Å²) in [6, 6.07) is 9.55. The van der Waals surface area contributed by atoms with Crippen molar-refractivity contribution >= 4 is 29.3 Å². The van der Waals surface area contributed by atoms with E-state index in [2.05, 4.69) is 35.4 Å². The first-order chi connectivity index (χ1) is 14.0. The number of morpholine rings is 1. The average molecular weight is 417 g/mol. The molecule has 1 aliphatic heterocycles. The van der Waals surface area contributed by atoms with Crippen LogP contribution in [-0.4, -0.2) is 54.1 Å². The van der Waals surface area contributed by atoms with E-state index in [-0.39, 0.29) is 6.03 Å². The lowest BCUT2D eigenvalue weighted by Gasteiger charge is -2.28. The Balaban J connectivity index is 1.84. The molecule has 0 saturated carbocycles. The quantitative estimate of drug-likeness (QED) is 0.536. The van der Waals surface area contributed by atoms with Gasteiger partial charge in [-0.25, -0.2) is 14.8 Å². The number of nitrogens with one attached hydrogen (secondary N) is 2. The molecule has 2 heterocycles. The number of rotatable bonds is 7. The maximum atomic E-state index is 11.7. The Bertz CT molecular complexity index is 807. The lowest BCUT2D eigenvalue weighted by atomic mass is 10.2. The topological polar surface area (TPSA) is 79.4 Å². The first-order valence-corrected chi connectivity index (χ1v) is 11.2. The molecule has 29 heavy (non-hydrogen) atoms. The zero-order chi connectivity index (χ0) is 20.6. The highest BCUT2D eigenvalue weighted by molar-refractivity contribution is 7.78. The second kappa shape index (κ2) is 10.5. The molecule has 1 fully saturated rings. The van der Waals surface area contributed by atoms with Crippen LogP contribution in [0.2, 0.25) is 0 Å². The first-order valence-electron chi connectivity index (χ1n) is 10.1. The summed E-state index contributed by atoms with van der Waals surface area (Å²) in [5.41, 5.74) is 2.72. The highest BCUT2D eigenvalue weighted by Crippen LogP contribution is 2.23. The van der Waals surface area contributed by atoms with Gasteiger partial charge in [-0.05, 0) is 56.8 Å². The number of carbonyl (C=O) groups is 1. The summed E-state index contributed by atoms with van der Waals surface area (Å²) in [4.78, 5) is 23.6. The van der Waals surface area contributed by atoms with Crippen molar-refractivity contribution in [3.05, 3.63) is 36.0 Å². The molecule has 2 N–H and O–H groups in total. The van der Waals surface area contributed by atoms with Crippen molar-refractivity contribution in [2.75, 3.05) is 43.1 Å². The Morgan fingerprint density at radius 3 is 2.59 bits per heavy atom. The Kier molecular flexibility index (Phi) is 7.71. The average Bonchev–Trinajstić information content (AvgIpc) is 2.73. The van der Waals surface area contributed by atoms with Crippen molar-refractivity contribution in [1.29, 1.82) is 0 Å². The lowest BCUT2D eigenvalue weighted by molar-refractivity contribution is 0.122. The standard InChI is InChI=1S/C21H29N5O2S/c1-4-22-21(27)24-17-7-5-16(6-8-17)20-23-18(14-29-15(2)3)13-19(25-20)26-9-11-28-12-10-26/h5-8,13,15H,4,9-12,14H2,1-3H3,(H2,22,24,27)/p+1. The van der Waals surface area contributed by atoms with Gasteiger partial charge in [0.2, 0.25) is 0 Å². The number of hydrogen-bond donors (Lipinski definition) is 2. The molecule has 1 aromatic heterocycles. The third kappa shape index (κ3) is 6.33. The number of carbonyl (C=O) groups excluding carboxylic acids is 1. The minimum absolute atomic E-state index is 0.208. The maximum Gasteiger partial charge on any atom is 0.319 e. The molecule has 156 valence electrons. The van der Waals surface area contributed by atoms with Crippen LogP contribution in [0.3, 0.4) is 0 Å². The molecular formula is C21H30N5O2S+. The van der Waals surface area contributed by atoms with Crippen LogP contribution in [0.5, 0.6) is 0 Å². The minimum atomic E-state index is -0.208. The van der Waals surface area contributed by atoms with E-state index in [1.54, 1.807) is 0 Å². The van der Waals surface area contributed by atoms with Gasteiger partial charge < -0.3 is 20.3 Å². The number of benzene rings is 1. The number of aromatic nitrogens is 2. The molecule has 3 rings (SSSR count). The number of ether oxygens (including phenoxy) is 1. The Hall–Kier alpha value is -2.32. The van der Waals surface area contributed by atoms with E-state index in [0.717, 1.165) is 54.8 Å². The summed E-state index contributed by atoms with van der Waals surface area (Å²) in [6.07, 6.45) is 0. The number of anilines is 2. The number of thiol groups is 1. The van der Waals surface area contributed by atoms with Crippen LogP contribution < -0.4 is 15.5 Å². The van der Waals surface area contributed by atoms with Gasteiger partial charge in [0.1, 0.15) is 16.8 Å². The summed E-state index contributed by atoms with van der Waals surface area (Å²) in [5.74, 6) is 2.57. The van der Waals surface area contributed by atoms with Crippen LogP contribution in [0.4, 0.5) is 16.3 Å². The van der Waals surface area contributed by atoms with Gasteiger partial charge in [0.05, 0.1) is 18.9 Å². The van der Waals surface area contributed by atoms with Crippen LogP contribution in [0.1, 0.15) is 26.5 Å². The predicted octanol–water partition coefficient (Wildman–Crippen LogP) is 2.84. The number of hydrogen-bond acceptors (Lipinski definition) is 5. The van der Waals surface area contributed by atoms with E-state index in [4.69, 9.17) is 14.7 Å². The molecular weight excluding hydrogens is 386 g/mol. The predicted molar refractivity (Wildman–Crippen MR) is 121 cm³/mol. The molecule has 1 saturated heterocycles. The summed E-state index contributed by atoms with van der Waals surface area (Å²) >= 11 is 1.35. The third-order valence-corrected chi connectivity index (χ3v) is 5.69. The van der Waals surface area contributed by atoms with Crippen LogP contribution in [0, 0.1) is 0 Å². The largest absolute Gasteiger partial charge is 0.378 e. The molecule has 1 aromatic carbocycles. The van der Waals surface area contributed by atoms with Crippen molar-refractivity contribution in [3.63, 3.8) is 0 Å². The van der Waals surface area contributed by atoms with E-state index in [0.29, 0.717) is 17.6 Å². The van der Waals surface area contributed by atoms with Gasteiger partial charge in [-0.3, -0.25) is 0 Å². The summed E-state index contributed by atoms with van der Waals surface area (Å²) < 4.78 is 5.48. The van der Waals surface area contributed by atoms with Gasteiger partial charge in [-0.1, -0.05) is 0 Å². The van der Waals surface area contributed by atoms with Gasteiger partial charge in [-0.15, -0.1) is 0 Å². The molecule has 2 aromatic rings. The van der Waals surface area contributed by atoms with Crippen LogP contribution in [-0.2, 0) is 22.3 Å². The molecule has 2 amide bonds. The van der Waals surface area contributed by atoms with Crippen molar-refractivity contribution in [2.45, 2.75) is 31.8 Å². The molecule has 0 radical (unpaired) electrons. The minimum Gasteiger partial charge on any atom is -0.378 e. The maximum absolute atomic E-state index is 11.7. The number of nitrogens with zero attached hydrogens (tertiary/aromatic N) is 3. The van der Waals surface area contributed by atoms with Crippen molar-refractivity contribution in [3.8, 4) is 11.4 Å². The van der Waals surface area contributed by atoms with E-state index < -0.39 is 0 Å². The molecule has 1 aliphatic rings. The molecule has 0 aliphatic carbocycles. The number of amides is 2. The fourth-order valence-electron chi connectivity index (χ4n) is 2.96. The zero-order valence-corrected chi connectivity index (χ0v) is 18.2. The van der Waals surface area contributed by atoms with E-state index in [1.165, 1.54) is 11.8 Å². The van der Waals surface area contributed by atoms with E-state index in [9.17, 15) is 4.79 Å². The highest BCUT2D eigenvalue weighted by atomic mass is 32.2. The first kappa shape index (κ1) is 21.4. The molecule has 0 spiro atoms. The monoisotopic (exact) mass is 416 g/mol. The van der Waals surface area contributed by atoms with Crippen LogP contribution in [0.25, 0.3) is 11.4 Å². The van der Waals surface area contributed by atoms with Crippen molar-refractivity contribution < 1.29 is 9.53 Å². The summed E-state index contributed by atoms with van der Waals surface area (Å²) in [5, 5.41) is 6.14.